The summed E-state index contributed by atoms with van der Waals surface area (Å²) in [6.07, 6.45) is 3.03. The van der Waals surface area contributed by atoms with Gasteiger partial charge in [-0.2, -0.15) is 15.4 Å². The van der Waals surface area contributed by atoms with Crippen LogP contribution in [0.1, 0.15) is 36.3 Å². The molecule has 0 saturated carbocycles. The molecule has 0 aliphatic heterocycles. The van der Waals surface area contributed by atoms with E-state index in [9.17, 15) is 5.11 Å². The third-order valence-electron chi connectivity index (χ3n) is 2.55. The molecule has 1 atom stereocenters. The normalized spacial score (nSPS) is 12.6. The van der Waals surface area contributed by atoms with Crippen LogP contribution in [0, 0.1) is 0 Å². The second-order valence-corrected chi connectivity index (χ2v) is 3.79. The van der Waals surface area contributed by atoms with Crippen LogP contribution in [-0.2, 0) is 6.42 Å². The minimum absolute atomic E-state index is 0.545. The Balaban J connectivity index is 2.15. The molecule has 0 saturated heterocycles. The molecule has 0 fully saturated rings. The largest absolute Gasteiger partial charge is 0.382 e. The summed E-state index contributed by atoms with van der Waals surface area (Å²) in [4.78, 5) is 0. The van der Waals surface area contributed by atoms with Gasteiger partial charge in [-0.15, -0.1) is 0 Å². The first-order valence-corrected chi connectivity index (χ1v) is 5.44. The van der Waals surface area contributed by atoms with Crippen molar-refractivity contribution in [1.29, 1.82) is 0 Å². The molecule has 0 aliphatic rings. The zero-order chi connectivity index (χ0) is 11.4. The Kier molecular flexibility index (Phi) is 3.31. The van der Waals surface area contributed by atoms with E-state index in [4.69, 9.17) is 0 Å². The average Bonchev–Trinajstić information content (AvgIpc) is 2.83. The Hall–Kier alpha value is -1.68. The summed E-state index contributed by atoms with van der Waals surface area (Å²) in [5, 5.41) is 20.0. The topological polar surface area (TPSA) is 61.8 Å². The summed E-state index contributed by atoms with van der Waals surface area (Å²) in [5.74, 6) is 0. The van der Waals surface area contributed by atoms with Crippen molar-refractivity contribution in [2.75, 3.05) is 0 Å². The number of H-pyrrole nitrogens is 1. The van der Waals surface area contributed by atoms with Gasteiger partial charge in [-0.25, -0.2) is 0 Å². The molecule has 4 heteroatoms. The van der Waals surface area contributed by atoms with Gasteiger partial charge in [0.25, 0.3) is 0 Å². The molecule has 2 rings (SSSR count). The maximum absolute atomic E-state index is 9.98. The standard InChI is InChI=1S/C12H15N3O/c1-2-3-9-4-6-10(7-5-9)12(16)11-8-13-15-14-11/h4-8,12,16H,2-3H2,1H3,(H,13,14,15). The SMILES string of the molecule is CCCc1ccc(C(O)c2cn[nH]n2)cc1. The van der Waals surface area contributed by atoms with Gasteiger partial charge in [0.15, 0.2) is 0 Å². The molecule has 0 bridgehead atoms. The van der Waals surface area contributed by atoms with Gasteiger partial charge in [0, 0.05) is 0 Å². The summed E-state index contributed by atoms with van der Waals surface area (Å²) in [6.45, 7) is 2.15. The minimum atomic E-state index is -0.700. The van der Waals surface area contributed by atoms with Crippen LogP contribution in [0.15, 0.2) is 30.5 Å². The Morgan fingerprint density at radius 3 is 2.62 bits per heavy atom. The lowest BCUT2D eigenvalue weighted by Crippen LogP contribution is -2.00. The van der Waals surface area contributed by atoms with Crippen molar-refractivity contribution >= 4 is 0 Å². The van der Waals surface area contributed by atoms with Gasteiger partial charge in [-0.1, -0.05) is 37.6 Å². The average molecular weight is 217 g/mol. The molecule has 1 heterocycles. The highest BCUT2D eigenvalue weighted by molar-refractivity contribution is 5.28. The molecule has 4 nitrogen and oxygen atoms in total. The van der Waals surface area contributed by atoms with E-state index in [-0.39, 0.29) is 0 Å². The van der Waals surface area contributed by atoms with E-state index in [1.807, 2.05) is 24.3 Å². The number of aliphatic hydroxyl groups excluding tert-OH is 1. The molecule has 0 aliphatic carbocycles. The van der Waals surface area contributed by atoms with Gasteiger partial charge in [0.2, 0.25) is 0 Å². The van der Waals surface area contributed by atoms with Gasteiger partial charge in [-0.3, -0.25) is 0 Å². The predicted molar refractivity (Wildman–Crippen MR) is 60.9 cm³/mol. The molecular formula is C12H15N3O. The molecular weight excluding hydrogens is 202 g/mol. The Morgan fingerprint density at radius 2 is 2.06 bits per heavy atom. The molecule has 84 valence electrons. The first kappa shape index (κ1) is 10.8. The fourth-order valence-corrected chi connectivity index (χ4v) is 1.67. The number of aromatic amines is 1. The van der Waals surface area contributed by atoms with E-state index in [1.165, 1.54) is 11.8 Å². The van der Waals surface area contributed by atoms with Crippen molar-refractivity contribution in [2.24, 2.45) is 0 Å². The van der Waals surface area contributed by atoms with Crippen molar-refractivity contribution in [2.45, 2.75) is 25.9 Å². The summed E-state index contributed by atoms with van der Waals surface area (Å²) in [5.41, 5.74) is 2.68. The van der Waals surface area contributed by atoms with Crippen molar-refractivity contribution in [3.63, 3.8) is 0 Å². The zero-order valence-corrected chi connectivity index (χ0v) is 9.22. The third-order valence-corrected chi connectivity index (χ3v) is 2.55. The van der Waals surface area contributed by atoms with Crippen LogP contribution in [0.25, 0.3) is 0 Å². The lowest BCUT2D eigenvalue weighted by Gasteiger charge is -2.08. The summed E-state index contributed by atoms with van der Waals surface area (Å²) >= 11 is 0. The van der Waals surface area contributed by atoms with Crippen LogP contribution in [0.2, 0.25) is 0 Å². The Bertz CT molecular complexity index is 422. The zero-order valence-electron chi connectivity index (χ0n) is 9.22. The molecule has 1 unspecified atom stereocenters. The van der Waals surface area contributed by atoms with E-state index < -0.39 is 6.10 Å². The van der Waals surface area contributed by atoms with Gasteiger partial charge in [0.1, 0.15) is 11.8 Å². The maximum atomic E-state index is 9.98. The first-order chi connectivity index (χ1) is 7.81. The fourth-order valence-electron chi connectivity index (χ4n) is 1.67. The smallest absolute Gasteiger partial charge is 0.124 e. The number of benzene rings is 1. The van der Waals surface area contributed by atoms with Gasteiger partial charge >= 0.3 is 0 Å². The van der Waals surface area contributed by atoms with Gasteiger partial charge in [0.05, 0.1) is 6.20 Å². The number of nitrogens with zero attached hydrogens (tertiary/aromatic N) is 2. The van der Waals surface area contributed by atoms with Crippen LogP contribution in [0.3, 0.4) is 0 Å². The van der Waals surface area contributed by atoms with Crippen molar-refractivity contribution in [1.82, 2.24) is 15.4 Å². The van der Waals surface area contributed by atoms with Crippen LogP contribution in [0.4, 0.5) is 0 Å². The van der Waals surface area contributed by atoms with Crippen molar-refractivity contribution < 1.29 is 5.11 Å². The molecule has 1 aromatic heterocycles. The highest BCUT2D eigenvalue weighted by atomic mass is 16.3. The van der Waals surface area contributed by atoms with E-state index in [2.05, 4.69) is 22.3 Å². The van der Waals surface area contributed by atoms with Gasteiger partial charge < -0.3 is 5.11 Å². The number of aromatic nitrogens is 3. The molecule has 0 radical (unpaired) electrons. The number of aliphatic hydroxyl groups is 1. The van der Waals surface area contributed by atoms with E-state index in [0.717, 1.165) is 18.4 Å². The number of rotatable bonds is 4. The number of hydrogen-bond donors (Lipinski definition) is 2. The number of aryl methyl sites for hydroxylation is 1. The lowest BCUT2D eigenvalue weighted by molar-refractivity contribution is 0.215. The number of nitrogens with one attached hydrogen (secondary N) is 1. The third kappa shape index (κ3) is 2.28. The summed E-state index contributed by atoms with van der Waals surface area (Å²) in [7, 11) is 0. The lowest BCUT2D eigenvalue weighted by atomic mass is 10.0. The molecule has 2 aromatic rings. The Morgan fingerprint density at radius 1 is 1.31 bits per heavy atom. The fraction of sp³-hybridized carbons (Fsp3) is 0.333. The monoisotopic (exact) mass is 217 g/mol. The highest BCUT2D eigenvalue weighted by Crippen LogP contribution is 2.19. The second-order valence-electron chi connectivity index (χ2n) is 3.79. The summed E-state index contributed by atoms with van der Waals surface area (Å²) < 4.78 is 0. The molecule has 16 heavy (non-hydrogen) atoms. The van der Waals surface area contributed by atoms with Crippen LogP contribution >= 0.6 is 0 Å². The minimum Gasteiger partial charge on any atom is -0.382 e. The molecule has 0 spiro atoms. The van der Waals surface area contributed by atoms with Crippen LogP contribution < -0.4 is 0 Å². The number of hydrogen-bond acceptors (Lipinski definition) is 3. The maximum Gasteiger partial charge on any atom is 0.124 e. The molecule has 0 amide bonds. The van der Waals surface area contributed by atoms with E-state index in [1.54, 1.807) is 0 Å². The second kappa shape index (κ2) is 4.90. The van der Waals surface area contributed by atoms with Gasteiger partial charge in [-0.05, 0) is 17.5 Å². The van der Waals surface area contributed by atoms with E-state index >= 15 is 0 Å². The highest BCUT2D eigenvalue weighted by Gasteiger charge is 2.12. The van der Waals surface area contributed by atoms with Crippen LogP contribution in [0.5, 0.6) is 0 Å². The molecule has 2 N–H and O–H groups in total. The van der Waals surface area contributed by atoms with Crippen molar-refractivity contribution in [3.05, 3.63) is 47.3 Å². The first-order valence-electron chi connectivity index (χ1n) is 5.44. The Labute approximate surface area is 94.3 Å². The summed E-state index contributed by atoms with van der Waals surface area (Å²) in [6, 6.07) is 7.96. The quantitative estimate of drug-likeness (QED) is 0.821. The molecule has 1 aromatic carbocycles. The predicted octanol–water partition coefficient (Wildman–Crippen LogP) is 1.84. The van der Waals surface area contributed by atoms with E-state index in [0.29, 0.717) is 5.69 Å². The van der Waals surface area contributed by atoms with Crippen molar-refractivity contribution in [3.8, 4) is 0 Å². The van der Waals surface area contributed by atoms with Crippen LogP contribution in [-0.4, -0.2) is 20.5 Å².